The Morgan fingerprint density at radius 1 is 0.528 bits per heavy atom. The van der Waals surface area contributed by atoms with Crippen LogP contribution in [0.4, 0.5) is 17.8 Å². The summed E-state index contributed by atoms with van der Waals surface area (Å²) >= 11 is 2.51. The fraction of sp³-hybridized carbons (Fsp3) is 0.889. The second-order valence-corrected chi connectivity index (χ2v) is 18.0. The zero-order valence-corrected chi connectivity index (χ0v) is 27.3. The summed E-state index contributed by atoms with van der Waals surface area (Å²) in [5, 5.41) is 10.4. The van der Waals surface area contributed by atoms with Gasteiger partial charge in [0.05, 0.1) is 0 Å². The van der Waals surface area contributed by atoms with Gasteiger partial charge < -0.3 is 27.4 Å². The lowest BCUT2D eigenvalue weighted by atomic mass is 9.80. The van der Waals surface area contributed by atoms with Crippen LogP contribution < -0.4 is 27.4 Å². The summed E-state index contributed by atoms with van der Waals surface area (Å²) in [7, 11) is 0. The van der Waals surface area contributed by atoms with Crippen LogP contribution in [-0.2, 0) is 0 Å². The Bertz CT molecular complexity index is 708. The predicted octanol–water partition coefficient (Wildman–Crippen LogP) is 6.04. The summed E-state index contributed by atoms with van der Waals surface area (Å²) in [6.45, 7) is 28.3. The molecule has 0 atom stereocenters. The molecular formula is C27H55IN8. The van der Waals surface area contributed by atoms with E-state index in [1.165, 1.54) is 0 Å². The van der Waals surface area contributed by atoms with Crippen LogP contribution in [0.1, 0.15) is 102 Å². The van der Waals surface area contributed by atoms with Gasteiger partial charge in [-0.25, -0.2) is 0 Å². The van der Waals surface area contributed by atoms with E-state index >= 15 is 0 Å². The second kappa shape index (κ2) is 11.8. The summed E-state index contributed by atoms with van der Waals surface area (Å²) in [5.41, 5.74) is 12.1. The predicted molar refractivity (Wildman–Crippen MR) is 165 cm³/mol. The largest absolute Gasteiger partial charge is 0.353 e. The van der Waals surface area contributed by atoms with Gasteiger partial charge >= 0.3 is 0 Å². The Hall–Kier alpha value is -0.940. The third kappa shape index (κ3) is 15.3. The number of halogens is 1. The Kier molecular flexibility index (Phi) is 10.9. The van der Waals surface area contributed by atoms with E-state index in [0.717, 1.165) is 25.8 Å². The van der Waals surface area contributed by atoms with Crippen LogP contribution in [0.5, 0.6) is 0 Å². The molecule has 9 heteroatoms. The lowest BCUT2D eigenvalue weighted by Crippen LogP contribution is -2.40. The first kappa shape index (κ1) is 33.1. The molecule has 36 heavy (non-hydrogen) atoms. The van der Waals surface area contributed by atoms with Crippen molar-refractivity contribution in [2.45, 2.75) is 117 Å². The summed E-state index contributed by atoms with van der Waals surface area (Å²) < 4.78 is 0.214. The Morgan fingerprint density at radius 2 is 0.778 bits per heavy atom. The van der Waals surface area contributed by atoms with Crippen molar-refractivity contribution in [2.75, 3.05) is 35.6 Å². The fourth-order valence-corrected chi connectivity index (χ4v) is 6.39. The Balaban J connectivity index is 3.10. The van der Waals surface area contributed by atoms with Gasteiger partial charge in [0.1, 0.15) is 0 Å². The van der Waals surface area contributed by atoms with Crippen molar-refractivity contribution in [3.05, 3.63) is 0 Å². The Morgan fingerprint density at radius 3 is 1.00 bits per heavy atom. The average Bonchev–Trinajstić information content (AvgIpc) is 2.57. The number of nitrogens with zero attached hydrogens (tertiary/aromatic N) is 3. The van der Waals surface area contributed by atoms with Gasteiger partial charge in [-0.2, -0.15) is 15.0 Å². The minimum absolute atomic E-state index is 0.0192. The molecule has 0 saturated heterocycles. The maximum atomic E-state index is 6.29. The van der Waals surface area contributed by atoms with Crippen molar-refractivity contribution in [3.8, 4) is 0 Å². The van der Waals surface area contributed by atoms with Crippen molar-refractivity contribution in [2.24, 2.45) is 27.7 Å². The topological polar surface area (TPSA) is 127 Å². The highest BCUT2D eigenvalue weighted by molar-refractivity contribution is 14.1. The van der Waals surface area contributed by atoms with Crippen LogP contribution >= 0.6 is 22.6 Å². The van der Waals surface area contributed by atoms with E-state index in [-0.39, 0.29) is 30.7 Å². The number of nitrogens with two attached hydrogens (primary N) is 2. The molecule has 0 aliphatic heterocycles. The molecule has 0 saturated carbocycles. The molecule has 210 valence electrons. The quantitative estimate of drug-likeness (QED) is 0.119. The molecular weight excluding hydrogens is 563 g/mol. The monoisotopic (exact) mass is 618 g/mol. The van der Waals surface area contributed by atoms with Gasteiger partial charge in [0, 0.05) is 34.1 Å². The second-order valence-electron chi connectivity index (χ2n) is 15.1. The summed E-state index contributed by atoms with van der Waals surface area (Å²) in [6.07, 6.45) is 2.82. The van der Waals surface area contributed by atoms with Crippen LogP contribution in [0.15, 0.2) is 0 Å². The number of alkyl halides is 1. The number of hydrogen-bond donors (Lipinski definition) is 5. The number of nitrogens with one attached hydrogen (secondary N) is 3. The van der Waals surface area contributed by atoms with Crippen molar-refractivity contribution >= 4 is 40.4 Å². The SMILES string of the molecule is CC(C)(N)CC(C)(C)CNc1nc(NCC(C)(C)CC(C)(C)N)nc(NCC(C)(C)CC(C)(C)I)n1. The van der Waals surface area contributed by atoms with Gasteiger partial charge in [0.15, 0.2) is 0 Å². The summed E-state index contributed by atoms with van der Waals surface area (Å²) in [6, 6.07) is 0. The minimum atomic E-state index is -0.246. The molecule has 0 aromatic carbocycles. The molecule has 0 fully saturated rings. The van der Waals surface area contributed by atoms with E-state index in [2.05, 4.69) is 127 Å². The van der Waals surface area contributed by atoms with Gasteiger partial charge in [-0.1, -0.05) is 78.0 Å². The third-order valence-corrected chi connectivity index (χ3v) is 5.96. The van der Waals surface area contributed by atoms with Gasteiger partial charge in [0.25, 0.3) is 0 Å². The van der Waals surface area contributed by atoms with E-state index in [9.17, 15) is 0 Å². The van der Waals surface area contributed by atoms with Gasteiger partial charge in [0.2, 0.25) is 17.8 Å². The minimum Gasteiger partial charge on any atom is -0.353 e. The number of anilines is 3. The first-order valence-electron chi connectivity index (χ1n) is 13.1. The molecule has 1 heterocycles. The van der Waals surface area contributed by atoms with Crippen LogP contribution in [0, 0.1) is 16.2 Å². The van der Waals surface area contributed by atoms with Gasteiger partial charge in [-0.05, 0) is 63.2 Å². The molecule has 7 N–H and O–H groups in total. The fourth-order valence-electron chi connectivity index (χ4n) is 5.36. The maximum Gasteiger partial charge on any atom is 0.229 e. The van der Waals surface area contributed by atoms with Gasteiger partial charge in [-0.15, -0.1) is 0 Å². The van der Waals surface area contributed by atoms with E-state index in [1.54, 1.807) is 0 Å². The average molecular weight is 619 g/mol. The third-order valence-electron chi connectivity index (χ3n) is 5.58. The molecule has 1 aromatic heterocycles. The normalized spacial score (nSPS) is 14.1. The number of aromatic nitrogens is 3. The first-order chi connectivity index (χ1) is 15.9. The van der Waals surface area contributed by atoms with E-state index in [0.29, 0.717) is 30.9 Å². The summed E-state index contributed by atoms with van der Waals surface area (Å²) in [5.74, 6) is 1.69. The maximum absolute atomic E-state index is 6.29. The number of rotatable bonds is 15. The Labute approximate surface area is 234 Å². The molecule has 0 amide bonds. The smallest absolute Gasteiger partial charge is 0.229 e. The molecule has 8 nitrogen and oxygen atoms in total. The lowest BCUT2D eigenvalue weighted by Gasteiger charge is -2.33. The standard InChI is InChI=1S/C27H55IN8/c1-22(2,13-25(7,8)28)16-31-19-34-20(32-17-23(3,4)14-26(9,10)29)36-21(35-19)33-18-24(5,6)15-27(11,12)30/h13-18,29-30H2,1-12H3,(H3,31,32,33,34,35,36). The van der Waals surface area contributed by atoms with Crippen molar-refractivity contribution < 1.29 is 0 Å². The van der Waals surface area contributed by atoms with Crippen molar-refractivity contribution in [1.29, 1.82) is 0 Å². The van der Waals surface area contributed by atoms with Gasteiger partial charge in [-0.3, -0.25) is 0 Å². The molecule has 0 aliphatic rings. The highest BCUT2D eigenvalue weighted by atomic mass is 127. The van der Waals surface area contributed by atoms with Crippen LogP contribution in [0.25, 0.3) is 0 Å². The lowest BCUT2D eigenvalue weighted by molar-refractivity contribution is 0.275. The highest BCUT2D eigenvalue weighted by Gasteiger charge is 2.29. The molecule has 0 aliphatic carbocycles. The molecule has 1 aromatic rings. The molecule has 1 rings (SSSR count). The van der Waals surface area contributed by atoms with Crippen LogP contribution in [-0.4, -0.2) is 49.1 Å². The van der Waals surface area contributed by atoms with Crippen molar-refractivity contribution in [3.63, 3.8) is 0 Å². The molecule has 0 spiro atoms. The zero-order chi connectivity index (χ0) is 28.2. The molecule has 0 bridgehead atoms. The summed E-state index contributed by atoms with van der Waals surface area (Å²) in [4.78, 5) is 14.1. The number of hydrogen-bond acceptors (Lipinski definition) is 8. The van der Waals surface area contributed by atoms with Crippen LogP contribution in [0.3, 0.4) is 0 Å². The first-order valence-corrected chi connectivity index (χ1v) is 14.2. The van der Waals surface area contributed by atoms with E-state index in [4.69, 9.17) is 21.4 Å². The zero-order valence-electron chi connectivity index (χ0n) is 25.1. The van der Waals surface area contributed by atoms with Crippen molar-refractivity contribution in [1.82, 2.24) is 15.0 Å². The molecule has 0 radical (unpaired) electrons. The highest BCUT2D eigenvalue weighted by Crippen LogP contribution is 2.34. The van der Waals surface area contributed by atoms with E-state index < -0.39 is 0 Å². The van der Waals surface area contributed by atoms with E-state index in [1.807, 2.05) is 0 Å². The van der Waals surface area contributed by atoms with Crippen LogP contribution in [0.2, 0.25) is 0 Å². The molecule has 0 unspecified atom stereocenters.